The lowest BCUT2D eigenvalue weighted by molar-refractivity contribution is -0.154. The lowest BCUT2D eigenvalue weighted by Gasteiger charge is -2.46. The average Bonchev–Trinajstić information content (AvgIpc) is 2.27. The highest BCUT2D eigenvalue weighted by molar-refractivity contribution is 5.81. The molecule has 1 saturated heterocycles. The van der Waals surface area contributed by atoms with Crippen LogP contribution >= 0.6 is 0 Å². The number of hydrogen-bond acceptors (Lipinski definition) is 3. The Hall–Kier alpha value is -0.610. The van der Waals surface area contributed by atoms with Crippen LogP contribution in [-0.4, -0.2) is 42.1 Å². The third-order valence-corrected chi connectivity index (χ3v) is 4.47. The summed E-state index contributed by atoms with van der Waals surface area (Å²) in [7, 11) is 0. The summed E-state index contributed by atoms with van der Waals surface area (Å²) in [6.07, 6.45) is 3.25. The van der Waals surface area contributed by atoms with E-state index < -0.39 is 0 Å². The minimum absolute atomic E-state index is 0.00359. The van der Waals surface area contributed by atoms with E-state index in [0.29, 0.717) is 25.7 Å². The van der Waals surface area contributed by atoms with Crippen LogP contribution in [-0.2, 0) is 9.53 Å². The number of amides is 1. The maximum Gasteiger partial charge on any atom is 0.228 e. The van der Waals surface area contributed by atoms with Gasteiger partial charge in [0.15, 0.2) is 0 Å². The first kappa shape index (κ1) is 13.8. The van der Waals surface area contributed by atoms with E-state index in [1.807, 2.05) is 4.90 Å². The van der Waals surface area contributed by atoms with E-state index in [9.17, 15) is 4.79 Å². The fourth-order valence-electron chi connectivity index (χ4n) is 3.33. The van der Waals surface area contributed by atoms with Gasteiger partial charge in [-0.2, -0.15) is 0 Å². The minimum Gasteiger partial charge on any atom is -0.377 e. The summed E-state index contributed by atoms with van der Waals surface area (Å²) < 4.78 is 5.48. The third-order valence-electron chi connectivity index (χ3n) is 4.47. The Kier molecular flexibility index (Phi) is 3.97. The predicted molar refractivity (Wildman–Crippen MR) is 71.1 cm³/mol. The van der Waals surface area contributed by atoms with Crippen molar-refractivity contribution in [2.24, 2.45) is 17.6 Å². The predicted octanol–water partition coefficient (Wildman–Crippen LogP) is 1.39. The molecule has 0 radical (unpaired) electrons. The normalized spacial score (nSPS) is 36.4. The molecule has 0 aromatic rings. The number of carbonyl (C=O) groups is 1. The summed E-state index contributed by atoms with van der Waals surface area (Å²) in [6, 6.07) is 0.0277. The quantitative estimate of drug-likeness (QED) is 0.769. The van der Waals surface area contributed by atoms with Crippen molar-refractivity contribution in [2.75, 3.05) is 19.8 Å². The van der Waals surface area contributed by atoms with Gasteiger partial charge in [0.05, 0.1) is 24.7 Å². The summed E-state index contributed by atoms with van der Waals surface area (Å²) >= 11 is 0. The van der Waals surface area contributed by atoms with Gasteiger partial charge in [-0.1, -0.05) is 13.3 Å². The van der Waals surface area contributed by atoms with Gasteiger partial charge in [-0.25, -0.2) is 0 Å². The molecule has 1 aliphatic heterocycles. The maximum absolute atomic E-state index is 12.8. The zero-order valence-corrected chi connectivity index (χ0v) is 11.8. The molecule has 18 heavy (non-hydrogen) atoms. The zero-order valence-electron chi connectivity index (χ0n) is 11.8. The molecule has 104 valence electrons. The number of carbonyl (C=O) groups excluding carboxylic acids is 1. The van der Waals surface area contributed by atoms with Crippen LogP contribution < -0.4 is 5.73 Å². The van der Waals surface area contributed by atoms with Gasteiger partial charge in [0.2, 0.25) is 5.91 Å². The van der Waals surface area contributed by atoms with E-state index in [-0.39, 0.29) is 23.4 Å². The summed E-state index contributed by atoms with van der Waals surface area (Å²) in [4.78, 5) is 14.8. The fourth-order valence-corrected chi connectivity index (χ4v) is 3.33. The van der Waals surface area contributed by atoms with Crippen molar-refractivity contribution in [3.63, 3.8) is 0 Å². The summed E-state index contributed by atoms with van der Waals surface area (Å²) in [6.45, 7) is 8.27. The van der Waals surface area contributed by atoms with Crippen LogP contribution in [0.1, 0.15) is 40.0 Å². The molecule has 3 unspecified atom stereocenters. The summed E-state index contributed by atoms with van der Waals surface area (Å²) in [5.74, 6) is 0.638. The fraction of sp³-hybridized carbons (Fsp3) is 0.929. The molecule has 0 bridgehead atoms. The van der Waals surface area contributed by atoms with Gasteiger partial charge in [0.25, 0.3) is 0 Å². The van der Waals surface area contributed by atoms with Gasteiger partial charge in [0.1, 0.15) is 0 Å². The Labute approximate surface area is 110 Å². The molecule has 1 aliphatic carbocycles. The number of morpholine rings is 1. The van der Waals surface area contributed by atoms with Gasteiger partial charge in [-0.05, 0) is 32.6 Å². The van der Waals surface area contributed by atoms with Crippen molar-refractivity contribution in [1.82, 2.24) is 4.90 Å². The van der Waals surface area contributed by atoms with Gasteiger partial charge in [-0.15, -0.1) is 0 Å². The standard InChI is InChI=1S/C14H26N2O2/c1-10-5-4-6-11(15)12(10)13(17)16-7-8-18-9-14(16,2)3/h10-12H,4-9,15H2,1-3H3. The van der Waals surface area contributed by atoms with E-state index >= 15 is 0 Å². The average molecular weight is 254 g/mol. The number of rotatable bonds is 1. The van der Waals surface area contributed by atoms with Crippen molar-refractivity contribution in [3.8, 4) is 0 Å². The van der Waals surface area contributed by atoms with Crippen LogP contribution in [0.15, 0.2) is 0 Å². The summed E-state index contributed by atoms with van der Waals surface area (Å²) in [5.41, 5.74) is 5.98. The first-order chi connectivity index (χ1) is 8.43. The Balaban J connectivity index is 2.13. The highest BCUT2D eigenvalue weighted by atomic mass is 16.5. The first-order valence-corrected chi connectivity index (χ1v) is 7.08. The van der Waals surface area contributed by atoms with E-state index in [1.54, 1.807) is 0 Å². The van der Waals surface area contributed by atoms with Crippen molar-refractivity contribution in [3.05, 3.63) is 0 Å². The second-order valence-corrected chi connectivity index (χ2v) is 6.45. The van der Waals surface area contributed by atoms with Crippen LogP contribution in [0, 0.1) is 11.8 Å². The van der Waals surface area contributed by atoms with Crippen molar-refractivity contribution >= 4 is 5.91 Å². The molecule has 1 heterocycles. The number of nitrogens with zero attached hydrogens (tertiary/aromatic N) is 1. The number of hydrogen-bond donors (Lipinski definition) is 1. The van der Waals surface area contributed by atoms with E-state index in [0.717, 1.165) is 19.3 Å². The minimum atomic E-state index is -0.202. The van der Waals surface area contributed by atoms with Crippen LogP contribution in [0.25, 0.3) is 0 Å². The lowest BCUT2D eigenvalue weighted by atomic mass is 9.76. The van der Waals surface area contributed by atoms with Gasteiger partial charge in [0, 0.05) is 12.6 Å². The Morgan fingerprint density at radius 1 is 1.39 bits per heavy atom. The molecule has 2 aliphatic rings. The third kappa shape index (κ3) is 2.54. The molecule has 2 fully saturated rings. The monoisotopic (exact) mass is 254 g/mol. The molecule has 2 rings (SSSR count). The topological polar surface area (TPSA) is 55.6 Å². The molecule has 2 N–H and O–H groups in total. The molecular weight excluding hydrogens is 228 g/mol. The van der Waals surface area contributed by atoms with Crippen LogP contribution in [0.4, 0.5) is 0 Å². The Morgan fingerprint density at radius 3 is 2.72 bits per heavy atom. The van der Waals surface area contributed by atoms with Gasteiger partial charge < -0.3 is 15.4 Å². The first-order valence-electron chi connectivity index (χ1n) is 7.08. The molecule has 0 spiro atoms. The Bertz CT molecular complexity index is 303. The lowest BCUT2D eigenvalue weighted by Crippen LogP contribution is -2.60. The number of ether oxygens (including phenoxy) is 1. The van der Waals surface area contributed by atoms with Crippen LogP contribution in [0.5, 0.6) is 0 Å². The number of nitrogens with two attached hydrogens (primary N) is 1. The summed E-state index contributed by atoms with van der Waals surface area (Å²) in [5, 5.41) is 0. The molecule has 4 heteroatoms. The van der Waals surface area contributed by atoms with Gasteiger partial charge >= 0.3 is 0 Å². The molecule has 0 aromatic heterocycles. The second kappa shape index (κ2) is 5.17. The van der Waals surface area contributed by atoms with Crippen LogP contribution in [0.2, 0.25) is 0 Å². The molecule has 0 aromatic carbocycles. The second-order valence-electron chi connectivity index (χ2n) is 6.45. The zero-order chi connectivity index (χ0) is 13.3. The molecule has 4 nitrogen and oxygen atoms in total. The molecule has 3 atom stereocenters. The molecular formula is C14H26N2O2. The van der Waals surface area contributed by atoms with Crippen molar-refractivity contribution in [1.29, 1.82) is 0 Å². The highest BCUT2D eigenvalue weighted by Gasteiger charge is 2.42. The van der Waals surface area contributed by atoms with Crippen molar-refractivity contribution < 1.29 is 9.53 Å². The Morgan fingerprint density at radius 2 is 2.11 bits per heavy atom. The molecule has 1 saturated carbocycles. The van der Waals surface area contributed by atoms with E-state index in [4.69, 9.17) is 10.5 Å². The van der Waals surface area contributed by atoms with Crippen LogP contribution in [0.3, 0.4) is 0 Å². The maximum atomic E-state index is 12.8. The highest BCUT2D eigenvalue weighted by Crippen LogP contribution is 2.32. The van der Waals surface area contributed by atoms with E-state index in [1.165, 1.54) is 0 Å². The largest absolute Gasteiger partial charge is 0.377 e. The SMILES string of the molecule is CC1CCCC(N)C1C(=O)N1CCOCC1(C)C. The molecule has 1 amide bonds. The van der Waals surface area contributed by atoms with E-state index in [2.05, 4.69) is 20.8 Å². The van der Waals surface area contributed by atoms with Gasteiger partial charge in [-0.3, -0.25) is 4.79 Å². The van der Waals surface area contributed by atoms with Crippen molar-refractivity contribution in [2.45, 2.75) is 51.6 Å². The smallest absolute Gasteiger partial charge is 0.228 e.